The molecule has 4 rings (SSSR count). The van der Waals surface area contributed by atoms with Crippen molar-refractivity contribution in [2.75, 3.05) is 0 Å². The second kappa shape index (κ2) is 9.42. The molecule has 0 spiro atoms. The van der Waals surface area contributed by atoms with E-state index in [0.717, 1.165) is 5.69 Å². The van der Waals surface area contributed by atoms with Crippen molar-refractivity contribution >= 4 is 11.4 Å². The van der Waals surface area contributed by atoms with Crippen LogP contribution < -0.4 is 14.8 Å². The predicted molar refractivity (Wildman–Crippen MR) is 113 cm³/mol. The Bertz CT molecular complexity index is 1230. The third kappa shape index (κ3) is 5.00. The highest BCUT2D eigenvalue weighted by Crippen LogP contribution is 2.22. The first-order valence-corrected chi connectivity index (χ1v) is 9.83. The number of ether oxygens (including phenoxy) is 2. The largest absolute Gasteiger partial charge is 0.487 e. The molecule has 0 fully saturated rings. The summed E-state index contributed by atoms with van der Waals surface area (Å²) < 4.78 is 36.6. The maximum Gasteiger partial charge on any atom is 0.387 e. The highest BCUT2D eigenvalue weighted by Gasteiger charge is 2.18. The Kier molecular flexibility index (Phi) is 6.25. The van der Waals surface area contributed by atoms with E-state index in [1.807, 2.05) is 18.2 Å². The fraction of sp³-hybridized carbons (Fsp3) is 0.174. The first-order valence-electron chi connectivity index (χ1n) is 9.83. The average Bonchev–Trinajstić information content (AvgIpc) is 3.11. The van der Waals surface area contributed by atoms with Gasteiger partial charge in [0.05, 0.1) is 22.5 Å². The summed E-state index contributed by atoms with van der Waals surface area (Å²) in [4.78, 5) is 17.1. The van der Waals surface area contributed by atoms with Crippen LogP contribution in [0.15, 0.2) is 67.0 Å². The quantitative estimate of drug-likeness (QED) is 0.447. The second-order valence-electron chi connectivity index (χ2n) is 6.97. The number of benzene rings is 1. The Balaban J connectivity index is 1.49. The van der Waals surface area contributed by atoms with Crippen molar-refractivity contribution in [1.29, 1.82) is 0 Å². The number of hydrogen-bond donors (Lipinski definition) is 1. The predicted octanol–water partition coefficient (Wildman–Crippen LogP) is 4.15. The van der Waals surface area contributed by atoms with E-state index in [1.54, 1.807) is 48.1 Å². The van der Waals surface area contributed by atoms with Crippen LogP contribution >= 0.6 is 0 Å². The molecule has 32 heavy (non-hydrogen) atoms. The van der Waals surface area contributed by atoms with Crippen LogP contribution in [-0.4, -0.2) is 27.1 Å². The Morgan fingerprint density at radius 2 is 2.00 bits per heavy atom. The number of pyridine rings is 2. The standard InChI is InChI=1S/C23H20F2N4O3/c1-15-21(22(30)27-13-16-5-4-7-19(11-16)32-23(24)25)20-12-18(8-10-29(20)28-15)31-14-17-6-2-3-9-26-17/h2-12,23H,13-14H2,1H3,(H,27,30). The molecule has 1 amide bonds. The number of carbonyl (C=O) groups excluding carboxylic acids is 1. The molecule has 0 bridgehead atoms. The van der Waals surface area contributed by atoms with Gasteiger partial charge in [-0.05, 0) is 42.8 Å². The van der Waals surface area contributed by atoms with E-state index in [0.29, 0.717) is 34.7 Å². The molecule has 0 atom stereocenters. The number of hydrogen-bond acceptors (Lipinski definition) is 5. The van der Waals surface area contributed by atoms with Gasteiger partial charge in [0, 0.05) is 25.0 Å². The SMILES string of the molecule is Cc1nn2ccc(OCc3ccccn3)cc2c1C(=O)NCc1cccc(OC(F)F)c1. The molecule has 7 nitrogen and oxygen atoms in total. The first-order chi connectivity index (χ1) is 15.5. The molecule has 3 aromatic heterocycles. The van der Waals surface area contributed by atoms with Gasteiger partial charge < -0.3 is 14.8 Å². The monoisotopic (exact) mass is 438 g/mol. The lowest BCUT2D eigenvalue weighted by molar-refractivity contribution is -0.0498. The van der Waals surface area contributed by atoms with Crippen molar-refractivity contribution in [3.8, 4) is 11.5 Å². The topological polar surface area (TPSA) is 77.8 Å². The van der Waals surface area contributed by atoms with E-state index < -0.39 is 6.61 Å². The molecule has 0 aliphatic heterocycles. The van der Waals surface area contributed by atoms with Crippen molar-refractivity contribution in [3.05, 3.63) is 89.5 Å². The number of amides is 1. The Morgan fingerprint density at radius 3 is 2.78 bits per heavy atom. The van der Waals surface area contributed by atoms with Crippen LogP contribution in [0.4, 0.5) is 8.78 Å². The zero-order valence-electron chi connectivity index (χ0n) is 17.2. The Morgan fingerprint density at radius 1 is 1.12 bits per heavy atom. The molecule has 4 aromatic rings. The molecule has 1 aromatic carbocycles. The zero-order valence-corrected chi connectivity index (χ0v) is 17.2. The third-order valence-corrected chi connectivity index (χ3v) is 4.70. The summed E-state index contributed by atoms with van der Waals surface area (Å²) in [6.07, 6.45) is 3.41. The van der Waals surface area contributed by atoms with Gasteiger partial charge in [0.2, 0.25) is 0 Å². The van der Waals surface area contributed by atoms with Gasteiger partial charge in [-0.3, -0.25) is 9.78 Å². The smallest absolute Gasteiger partial charge is 0.387 e. The van der Waals surface area contributed by atoms with Crippen molar-refractivity contribution in [3.63, 3.8) is 0 Å². The zero-order chi connectivity index (χ0) is 22.5. The van der Waals surface area contributed by atoms with Crippen molar-refractivity contribution in [1.82, 2.24) is 19.9 Å². The highest BCUT2D eigenvalue weighted by molar-refractivity contribution is 6.02. The average molecular weight is 438 g/mol. The summed E-state index contributed by atoms with van der Waals surface area (Å²) >= 11 is 0. The van der Waals surface area contributed by atoms with Gasteiger partial charge in [-0.1, -0.05) is 18.2 Å². The van der Waals surface area contributed by atoms with Crippen molar-refractivity contribution in [2.24, 2.45) is 0 Å². The number of carbonyl (C=O) groups is 1. The number of rotatable bonds is 8. The van der Waals surface area contributed by atoms with Crippen molar-refractivity contribution in [2.45, 2.75) is 26.7 Å². The van der Waals surface area contributed by atoms with Gasteiger partial charge in [-0.15, -0.1) is 0 Å². The van der Waals surface area contributed by atoms with Gasteiger partial charge in [-0.25, -0.2) is 4.52 Å². The number of nitrogens with one attached hydrogen (secondary N) is 1. The Hall–Kier alpha value is -4.01. The first kappa shape index (κ1) is 21.2. The number of fused-ring (bicyclic) bond motifs is 1. The van der Waals surface area contributed by atoms with Gasteiger partial charge in [0.15, 0.2) is 0 Å². The second-order valence-corrected chi connectivity index (χ2v) is 6.97. The summed E-state index contributed by atoms with van der Waals surface area (Å²) in [5.41, 5.74) is 2.97. The van der Waals surface area contributed by atoms with E-state index in [1.165, 1.54) is 12.1 Å². The van der Waals surface area contributed by atoms with Crippen LogP contribution in [-0.2, 0) is 13.2 Å². The lowest BCUT2D eigenvalue weighted by Gasteiger charge is -2.09. The number of halogens is 2. The molecular weight excluding hydrogens is 418 g/mol. The Labute approximate surface area is 182 Å². The van der Waals surface area contributed by atoms with Crippen molar-refractivity contribution < 1.29 is 23.0 Å². The summed E-state index contributed by atoms with van der Waals surface area (Å²) in [7, 11) is 0. The third-order valence-electron chi connectivity index (χ3n) is 4.70. The molecule has 0 aliphatic rings. The van der Waals surface area contributed by atoms with E-state index >= 15 is 0 Å². The summed E-state index contributed by atoms with van der Waals surface area (Å²) in [6, 6.07) is 15.3. The lowest BCUT2D eigenvalue weighted by atomic mass is 10.1. The molecule has 1 N–H and O–H groups in total. The van der Waals surface area contributed by atoms with Crippen LogP contribution in [0.25, 0.3) is 5.52 Å². The minimum Gasteiger partial charge on any atom is -0.487 e. The number of aryl methyl sites for hydroxylation is 1. The summed E-state index contributed by atoms with van der Waals surface area (Å²) in [5, 5.41) is 7.19. The van der Waals surface area contributed by atoms with Crippen LogP contribution in [0.1, 0.15) is 27.3 Å². The number of aromatic nitrogens is 3. The number of alkyl halides is 2. The minimum absolute atomic E-state index is 0.0357. The summed E-state index contributed by atoms with van der Waals surface area (Å²) in [6.45, 7) is -0.724. The normalized spacial score (nSPS) is 11.0. The highest BCUT2D eigenvalue weighted by atomic mass is 19.3. The molecular formula is C23H20F2N4O3. The molecule has 0 unspecified atom stereocenters. The molecule has 164 valence electrons. The molecule has 0 aliphatic carbocycles. The van der Waals surface area contributed by atoms with E-state index in [2.05, 4.69) is 20.1 Å². The lowest BCUT2D eigenvalue weighted by Crippen LogP contribution is -2.23. The van der Waals surface area contributed by atoms with Gasteiger partial charge in [-0.2, -0.15) is 13.9 Å². The van der Waals surface area contributed by atoms with E-state index in [4.69, 9.17) is 4.74 Å². The molecule has 3 heterocycles. The molecule has 0 saturated heterocycles. The maximum atomic E-state index is 12.9. The minimum atomic E-state index is -2.91. The van der Waals surface area contributed by atoms with Gasteiger partial charge >= 0.3 is 6.61 Å². The van der Waals surface area contributed by atoms with Gasteiger partial charge in [0.25, 0.3) is 5.91 Å². The van der Waals surface area contributed by atoms with E-state index in [-0.39, 0.29) is 18.2 Å². The van der Waals surface area contributed by atoms with E-state index in [9.17, 15) is 13.6 Å². The van der Waals surface area contributed by atoms with Crippen LogP contribution in [0.3, 0.4) is 0 Å². The molecule has 9 heteroatoms. The van der Waals surface area contributed by atoms with Crippen LogP contribution in [0, 0.1) is 6.92 Å². The fourth-order valence-electron chi connectivity index (χ4n) is 3.26. The number of nitrogens with zero attached hydrogens (tertiary/aromatic N) is 3. The maximum absolute atomic E-state index is 12.9. The van der Waals surface area contributed by atoms with Gasteiger partial charge in [0.1, 0.15) is 18.1 Å². The van der Waals surface area contributed by atoms with Crippen LogP contribution in [0.5, 0.6) is 11.5 Å². The summed E-state index contributed by atoms with van der Waals surface area (Å²) in [5.74, 6) is 0.280. The fourth-order valence-corrected chi connectivity index (χ4v) is 3.26. The molecule has 0 radical (unpaired) electrons. The molecule has 0 saturated carbocycles. The van der Waals surface area contributed by atoms with Crippen LogP contribution in [0.2, 0.25) is 0 Å².